The van der Waals surface area contributed by atoms with Crippen molar-refractivity contribution in [1.29, 1.82) is 0 Å². The lowest BCUT2D eigenvalue weighted by molar-refractivity contribution is -0.118. The Morgan fingerprint density at radius 1 is 1.29 bits per heavy atom. The number of amides is 3. The highest BCUT2D eigenvalue weighted by atomic mass is 32.2. The highest BCUT2D eigenvalue weighted by molar-refractivity contribution is 7.91. The maximum absolute atomic E-state index is 14.0. The molecular formula is C22H29FN2O5S. The second-order valence-electron chi connectivity index (χ2n) is 8.16. The van der Waals surface area contributed by atoms with Gasteiger partial charge in [0.1, 0.15) is 6.54 Å². The minimum Gasteiger partial charge on any atom is -0.490 e. The van der Waals surface area contributed by atoms with Crippen LogP contribution in [0.4, 0.5) is 9.18 Å². The normalized spacial score (nSPS) is 17.9. The van der Waals surface area contributed by atoms with Gasteiger partial charge in [0.25, 0.3) is 0 Å². The van der Waals surface area contributed by atoms with E-state index in [1.807, 2.05) is 6.92 Å². The molecule has 1 saturated heterocycles. The van der Waals surface area contributed by atoms with Crippen molar-refractivity contribution in [3.63, 3.8) is 0 Å². The first-order valence-electron chi connectivity index (χ1n) is 10.6. The molecule has 3 amide bonds. The van der Waals surface area contributed by atoms with E-state index in [1.54, 1.807) is 24.3 Å². The Morgan fingerprint density at radius 2 is 2.06 bits per heavy atom. The highest BCUT2D eigenvalue weighted by Gasteiger charge is 2.25. The largest absolute Gasteiger partial charge is 0.490 e. The monoisotopic (exact) mass is 452 g/mol. The number of sulfone groups is 1. The molecule has 3 rings (SSSR count). The van der Waals surface area contributed by atoms with Gasteiger partial charge in [0.05, 0.1) is 18.1 Å². The third kappa shape index (κ3) is 7.05. The first-order chi connectivity index (χ1) is 14.8. The molecule has 31 heavy (non-hydrogen) atoms. The Labute approximate surface area is 182 Å². The van der Waals surface area contributed by atoms with Crippen molar-refractivity contribution in [1.82, 2.24) is 10.2 Å². The average molecular weight is 453 g/mol. The minimum absolute atomic E-state index is 0.0165. The summed E-state index contributed by atoms with van der Waals surface area (Å²) in [4.78, 5) is 23.9. The number of halogens is 1. The third-order valence-electron chi connectivity index (χ3n) is 5.50. The summed E-state index contributed by atoms with van der Waals surface area (Å²) in [6, 6.07) is 4.16. The molecule has 1 aliphatic carbocycles. The molecule has 0 aromatic heterocycles. The summed E-state index contributed by atoms with van der Waals surface area (Å²) in [5, 5.41) is 2.19. The fraction of sp³-hybridized carbons (Fsp3) is 0.545. The minimum atomic E-state index is -3.33. The lowest BCUT2D eigenvalue weighted by Crippen LogP contribution is -2.28. The number of ether oxygens (including phenoxy) is 1. The van der Waals surface area contributed by atoms with Gasteiger partial charge < -0.3 is 9.64 Å². The molecule has 1 heterocycles. The zero-order valence-corrected chi connectivity index (χ0v) is 18.5. The van der Waals surface area contributed by atoms with E-state index in [-0.39, 0.29) is 42.2 Å². The van der Waals surface area contributed by atoms with E-state index < -0.39 is 21.7 Å². The summed E-state index contributed by atoms with van der Waals surface area (Å²) in [6.45, 7) is 2.68. The number of hydrogen-bond acceptors (Lipinski definition) is 5. The topological polar surface area (TPSA) is 92.8 Å². The van der Waals surface area contributed by atoms with Crippen LogP contribution in [0, 0.1) is 11.7 Å². The molecule has 0 radical (unpaired) electrons. The molecule has 2 aliphatic rings. The third-order valence-corrected chi connectivity index (χ3v) is 7.27. The van der Waals surface area contributed by atoms with Gasteiger partial charge in [-0.3, -0.25) is 10.1 Å². The summed E-state index contributed by atoms with van der Waals surface area (Å²) in [5.41, 5.74) is 0.763. The van der Waals surface area contributed by atoms with Crippen molar-refractivity contribution in [2.24, 2.45) is 5.92 Å². The van der Waals surface area contributed by atoms with Gasteiger partial charge in [0.2, 0.25) is 5.91 Å². The van der Waals surface area contributed by atoms with E-state index in [0.717, 1.165) is 18.4 Å². The van der Waals surface area contributed by atoms with Crippen molar-refractivity contribution < 1.29 is 27.1 Å². The second kappa shape index (κ2) is 10.3. The van der Waals surface area contributed by atoms with Crippen molar-refractivity contribution in [2.45, 2.75) is 38.5 Å². The van der Waals surface area contributed by atoms with Crippen molar-refractivity contribution in [3.05, 3.63) is 41.7 Å². The summed E-state index contributed by atoms with van der Waals surface area (Å²) in [7, 11) is -3.33. The number of rotatable bonds is 12. The quantitative estimate of drug-likeness (QED) is 0.389. The molecule has 7 nitrogen and oxygen atoms in total. The number of urea groups is 1. The lowest BCUT2D eigenvalue weighted by Gasteiger charge is -2.17. The standard InChI is InChI=1S/C22H29FN2O5S/c1-2-17(18-8-9-19(23)20(12-18)30-14-16-6-7-16)15-31(28,29)11-5-3-4-10-25-13-21(26)24-22(25)27/h3-4,8-9,12,16-17H,2,5-7,10-11,13-15H2,1H3,(H,24,26,27)/b4-3+/t17-/m0/s1. The van der Waals surface area contributed by atoms with Crippen LogP contribution in [-0.2, 0) is 14.6 Å². The first-order valence-corrected chi connectivity index (χ1v) is 12.5. The Balaban J connectivity index is 1.51. The van der Waals surface area contributed by atoms with Crippen LogP contribution in [0.3, 0.4) is 0 Å². The van der Waals surface area contributed by atoms with Crippen LogP contribution < -0.4 is 10.1 Å². The molecule has 1 aromatic rings. The molecule has 0 spiro atoms. The van der Waals surface area contributed by atoms with Gasteiger partial charge in [-0.2, -0.15) is 0 Å². The predicted molar refractivity (Wildman–Crippen MR) is 115 cm³/mol. The van der Waals surface area contributed by atoms with Gasteiger partial charge in [-0.1, -0.05) is 25.1 Å². The molecule has 1 N–H and O–H groups in total. The van der Waals surface area contributed by atoms with Crippen molar-refractivity contribution in [2.75, 3.05) is 31.2 Å². The summed E-state index contributed by atoms with van der Waals surface area (Å²) >= 11 is 0. The Bertz CT molecular complexity index is 943. The molecule has 170 valence electrons. The smallest absolute Gasteiger partial charge is 0.324 e. The molecule has 9 heteroatoms. The van der Waals surface area contributed by atoms with Crippen LogP contribution in [0.25, 0.3) is 0 Å². The summed E-state index contributed by atoms with van der Waals surface area (Å²) in [6.07, 6.45) is 6.54. The van der Waals surface area contributed by atoms with Gasteiger partial charge in [0, 0.05) is 6.54 Å². The molecule has 2 fully saturated rings. The number of carbonyl (C=O) groups excluding carboxylic acids is 2. The number of benzene rings is 1. The summed E-state index contributed by atoms with van der Waals surface area (Å²) in [5.74, 6) is -0.358. The van der Waals surface area contributed by atoms with Crippen LogP contribution >= 0.6 is 0 Å². The number of imide groups is 1. The van der Waals surface area contributed by atoms with Crippen molar-refractivity contribution in [3.8, 4) is 5.75 Å². The number of nitrogens with one attached hydrogen (secondary N) is 1. The Kier molecular flexibility index (Phi) is 7.69. The van der Waals surface area contributed by atoms with Gasteiger partial charge >= 0.3 is 6.03 Å². The molecule has 1 aromatic carbocycles. The van der Waals surface area contributed by atoms with Crippen LogP contribution in [0.2, 0.25) is 0 Å². The van der Waals surface area contributed by atoms with E-state index in [4.69, 9.17) is 4.74 Å². The molecular weight excluding hydrogens is 423 g/mol. The van der Waals surface area contributed by atoms with Gasteiger partial charge in [-0.05, 0) is 55.2 Å². The number of hydrogen-bond donors (Lipinski definition) is 1. The first kappa shape index (κ1) is 23.2. The van der Waals surface area contributed by atoms with E-state index in [0.29, 0.717) is 25.4 Å². The maximum Gasteiger partial charge on any atom is 0.324 e. The van der Waals surface area contributed by atoms with Crippen LogP contribution in [0.15, 0.2) is 30.4 Å². The van der Waals surface area contributed by atoms with Crippen molar-refractivity contribution >= 4 is 21.8 Å². The molecule has 0 bridgehead atoms. The van der Waals surface area contributed by atoms with E-state index >= 15 is 0 Å². The van der Waals surface area contributed by atoms with E-state index in [2.05, 4.69) is 5.32 Å². The highest BCUT2D eigenvalue weighted by Crippen LogP contribution is 2.32. The zero-order valence-electron chi connectivity index (χ0n) is 17.7. The molecule has 1 aliphatic heterocycles. The average Bonchev–Trinajstić information content (AvgIpc) is 3.49. The SMILES string of the molecule is CC[C@@H](CS(=O)(=O)CC/C=C/CN1CC(=O)NC1=O)c1ccc(F)c(OCC2CC2)c1. The van der Waals surface area contributed by atoms with Crippen LogP contribution in [-0.4, -0.2) is 56.5 Å². The zero-order chi connectivity index (χ0) is 22.4. The van der Waals surface area contributed by atoms with Gasteiger partial charge in [-0.15, -0.1) is 0 Å². The predicted octanol–water partition coefficient (Wildman–Crippen LogP) is 3.02. The number of allylic oxidation sites excluding steroid dienone is 1. The number of nitrogens with zero attached hydrogens (tertiary/aromatic N) is 1. The van der Waals surface area contributed by atoms with Crippen LogP contribution in [0.5, 0.6) is 5.75 Å². The fourth-order valence-electron chi connectivity index (χ4n) is 3.41. The van der Waals surface area contributed by atoms with Crippen LogP contribution in [0.1, 0.15) is 44.1 Å². The number of carbonyl (C=O) groups is 2. The Hall–Kier alpha value is -2.42. The second-order valence-corrected chi connectivity index (χ2v) is 10.4. The summed E-state index contributed by atoms with van der Waals surface area (Å²) < 4.78 is 44.8. The van der Waals surface area contributed by atoms with E-state index in [9.17, 15) is 22.4 Å². The fourth-order valence-corrected chi connectivity index (χ4v) is 5.12. The lowest BCUT2D eigenvalue weighted by atomic mass is 9.98. The molecule has 0 unspecified atom stereocenters. The molecule has 1 atom stereocenters. The maximum atomic E-state index is 14.0. The molecule has 1 saturated carbocycles. The van der Waals surface area contributed by atoms with Gasteiger partial charge in [0.15, 0.2) is 21.4 Å². The van der Waals surface area contributed by atoms with Gasteiger partial charge in [-0.25, -0.2) is 17.6 Å². The Morgan fingerprint density at radius 3 is 2.71 bits per heavy atom. The van der Waals surface area contributed by atoms with E-state index in [1.165, 1.54) is 11.0 Å².